The Kier molecular flexibility index (Phi) is 5.58. The van der Waals surface area contributed by atoms with E-state index in [-0.39, 0.29) is 18.2 Å². The van der Waals surface area contributed by atoms with E-state index in [1.807, 2.05) is 0 Å². The van der Waals surface area contributed by atoms with E-state index in [0.717, 1.165) is 18.4 Å². The molecule has 5 nitrogen and oxygen atoms in total. The Labute approximate surface area is 157 Å². The molecule has 0 fully saturated rings. The number of nitrogens with zero attached hydrogens (tertiary/aromatic N) is 3. The minimum Gasteiger partial charge on any atom is -0.459 e. The molecule has 1 heterocycles. The largest absolute Gasteiger partial charge is 0.459 e. The number of hydrogen-bond donors (Lipinski definition) is 0. The molecule has 1 atom stereocenters. The lowest BCUT2D eigenvalue weighted by Gasteiger charge is -2.28. The highest BCUT2D eigenvalue weighted by molar-refractivity contribution is 5.89. The summed E-state index contributed by atoms with van der Waals surface area (Å²) in [7, 11) is 1.66. The number of aryl methyl sites for hydroxylation is 1. The number of fused-ring (bicyclic) bond motifs is 1. The van der Waals surface area contributed by atoms with Crippen molar-refractivity contribution in [2.24, 2.45) is 13.0 Å². The Morgan fingerprint density at radius 1 is 1.30 bits per heavy atom. The molecule has 1 unspecified atom stereocenters. The van der Waals surface area contributed by atoms with E-state index in [9.17, 15) is 4.79 Å². The van der Waals surface area contributed by atoms with Crippen LogP contribution in [0.15, 0.2) is 24.3 Å². The third kappa shape index (κ3) is 4.17. The van der Waals surface area contributed by atoms with Gasteiger partial charge in [-0.25, -0.2) is 4.79 Å². The fraction of sp³-hybridized carbons (Fsp3) is 0.550. The number of carbonyl (C=O) groups excluding carboxylic acids is 1. The van der Waals surface area contributed by atoms with Crippen LogP contribution in [-0.2, 0) is 30.5 Å². The van der Waals surface area contributed by atoms with Crippen molar-refractivity contribution in [2.75, 3.05) is 0 Å². The molecule has 0 saturated heterocycles. The highest BCUT2D eigenvalue weighted by Gasteiger charge is 2.46. The van der Waals surface area contributed by atoms with Gasteiger partial charge < -0.3 is 4.74 Å². The third-order valence-electron chi connectivity index (χ3n) is 5.00. The van der Waals surface area contributed by atoms with Gasteiger partial charge in [0.15, 0.2) is 5.69 Å². The van der Waals surface area contributed by atoms with Crippen molar-refractivity contribution >= 4 is 5.97 Å². The molecule has 3 rings (SSSR count). The Morgan fingerprint density at radius 3 is 2.67 bits per heavy atom. The van der Waals surface area contributed by atoms with E-state index in [2.05, 4.69) is 10.3 Å². The molecular formula is C20H25F2N3O2. The van der Waals surface area contributed by atoms with Gasteiger partial charge in [-0.3, -0.25) is 4.68 Å². The van der Waals surface area contributed by atoms with Crippen LogP contribution in [0.1, 0.15) is 60.4 Å². The van der Waals surface area contributed by atoms with E-state index in [1.54, 1.807) is 45.2 Å². The molecule has 1 aromatic carbocycles. The van der Waals surface area contributed by atoms with Crippen LogP contribution in [0.5, 0.6) is 0 Å². The standard InChI is InChI=1S/C20H25F2N3O2/c1-13(2)27-19(26)15-10-8-14(9-11-15)12-16-6-4-5-7-17-18(20(16,21)22)23-24-25(17)3/h8-11,13,16H,4-7,12H2,1-3H3. The second kappa shape index (κ2) is 7.74. The molecule has 0 bridgehead atoms. The SMILES string of the molecule is CC(C)OC(=O)c1ccc(CC2CCCCc3c(nnn3C)C2(F)F)cc1. The van der Waals surface area contributed by atoms with Gasteiger partial charge in [-0.2, -0.15) is 8.78 Å². The van der Waals surface area contributed by atoms with E-state index >= 15 is 8.78 Å². The van der Waals surface area contributed by atoms with Gasteiger partial charge in [0, 0.05) is 13.0 Å². The Hall–Kier alpha value is -2.31. The van der Waals surface area contributed by atoms with Gasteiger partial charge in [0.25, 0.3) is 5.92 Å². The van der Waals surface area contributed by atoms with Gasteiger partial charge in [-0.1, -0.05) is 23.8 Å². The first-order chi connectivity index (χ1) is 12.8. The van der Waals surface area contributed by atoms with Crippen molar-refractivity contribution < 1.29 is 18.3 Å². The second-order valence-electron chi connectivity index (χ2n) is 7.43. The van der Waals surface area contributed by atoms with Crippen LogP contribution >= 0.6 is 0 Å². The summed E-state index contributed by atoms with van der Waals surface area (Å²) < 4.78 is 36.9. The van der Waals surface area contributed by atoms with Crippen molar-refractivity contribution in [1.82, 2.24) is 15.0 Å². The maximum Gasteiger partial charge on any atom is 0.338 e. The maximum absolute atomic E-state index is 15.2. The molecule has 146 valence electrons. The summed E-state index contributed by atoms with van der Waals surface area (Å²) in [5.41, 5.74) is 1.53. The average molecular weight is 377 g/mol. The van der Waals surface area contributed by atoms with E-state index in [1.165, 1.54) is 4.68 Å². The third-order valence-corrected chi connectivity index (χ3v) is 5.00. The molecule has 0 radical (unpaired) electrons. The monoisotopic (exact) mass is 377 g/mol. The van der Waals surface area contributed by atoms with Gasteiger partial charge in [-0.05, 0) is 57.2 Å². The molecule has 0 amide bonds. The zero-order valence-corrected chi connectivity index (χ0v) is 15.9. The highest BCUT2D eigenvalue weighted by atomic mass is 19.3. The van der Waals surface area contributed by atoms with Gasteiger partial charge in [-0.15, -0.1) is 5.10 Å². The first-order valence-corrected chi connectivity index (χ1v) is 9.35. The zero-order valence-electron chi connectivity index (χ0n) is 15.9. The predicted octanol–water partition coefficient (Wildman–Crippen LogP) is 4.06. The van der Waals surface area contributed by atoms with Crippen LogP contribution in [0.4, 0.5) is 8.78 Å². The Morgan fingerprint density at radius 2 is 2.00 bits per heavy atom. The molecule has 0 saturated carbocycles. The molecule has 1 aliphatic carbocycles. The summed E-state index contributed by atoms with van der Waals surface area (Å²) in [4.78, 5) is 11.9. The molecule has 0 N–H and O–H groups in total. The van der Waals surface area contributed by atoms with Crippen molar-refractivity contribution in [3.8, 4) is 0 Å². The smallest absolute Gasteiger partial charge is 0.338 e. The first-order valence-electron chi connectivity index (χ1n) is 9.35. The predicted molar refractivity (Wildman–Crippen MR) is 96.6 cm³/mol. The lowest BCUT2D eigenvalue weighted by molar-refractivity contribution is -0.0751. The fourth-order valence-corrected chi connectivity index (χ4v) is 3.55. The van der Waals surface area contributed by atoms with Crippen molar-refractivity contribution in [1.29, 1.82) is 0 Å². The van der Waals surface area contributed by atoms with Crippen molar-refractivity contribution in [3.63, 3.8) is 0 Å². The zero-order chi connectivity index (χ0) is 19.6. The number of benzene rings is 1. The number of aromatic nitrogens is 3. The number of alkyl halides is 2. The average Bonchev–Trinajstić information content (AvgIpc) is 2.97. The van der Waals surface area contributed by atoms with Crippen molar-refractivity contribution in [3.05, 3.63) is 46.8 Å². The highest BCUT2D eigenvalue weighted by Crippen LogP contribution is 2.42. The summed E-state index contributed by atoms with van der Waals surface area (Å²) in [6.45, 7) is 3.56. The maximum atomic E-state index is 15.2. The lowest BCUT2D eigenvalue weighted by Crippen LogP contribution is -2.31. The summed E-state index contributed by atoms with van der Waals surface area (Å²) in [5.74, 6) is -4.28. The fourth-order valence-electron chi connectivity index (χ4n) is 3.55. The molecule has 0 aliphatic heterocycles. The van der Waals surface area contributed by atoms with Crippen LogP contribution in [0.3, 0.4) is 0 Å². The molecule has 0 spiro atoms. The molecule has 27 heavy (non-hydrogen) atoms. The van der Waals surface area contributed by atoms with Crippen LogP contribution in [0.25, 0.3) is 0 Å². The van der Waals surface area contributed by atoms with Gasteiger partial charge in [0.05, 0.1) is 17.4 Å². The minimum atomic E-state index is -3.03. The molecule has 1 aliphatic rings. The number of hydrogen-bond acceptors (Lipinski definition) is 4. The Bertz CT molecular complexity index is 800. The first kappa shape index (κ1) is 19.5. The van der Waals surface area contributed by atoms with Crippen LogP contribution in [-0.4, -0.2) is 27.1 Å². The van der Waals surface area contributed by atoms with Gasteiger partial charge in [0.1, 0.15) is 0 Å². The van der Waals surface area contributed by atoms with E-state index < -0.39 is 17.8 Å². The summed E-state index contributed by atoms with van der Waals surface area (Å²) in [6, 6.07) is 6.72. The number of ether oxygens (including phenoxy) is 1. The van der Waals surface area contributed by atoms with E-state index in [0.29, 0.717) is 24.1 Å². The van der Waals surface area contributed by atoms with E-state index in [4.69, 9.17) is 4.74 Å². The second-order valence-corrected chi connectivity index (χ2v) is 7.43. The van der Waals surface area contributed by atoms with Gasteiger partial charge in [0.2, 0.25) is 0 Å². The van der Waals surface area contributed by atoms with Gasteiger partial charge >= 0.3 is 5.97 Å². The molecular weight excluding hydrogens is 352 g/mol. The minimum absolute atomic E-state index is 0.188. The molecule has 2 aromatic rings. The molecule has 1 aromatic heterocycles. The summed E-state index contributed by atoms with van der Waals surface area (Å²) in [6.07, 6.45) is 2.62. The number of esters is 1. The lowest BCUT2D eigenvalue weighted by atomic mass is 9.84. The van der Waals surface area contributed by atoms with Crippen molar-refractivity contribution in [2.45, 2.75) is 58.0 Å². The van der Waals surface area contributed by atoms with Crippen LogP contribution in [0.2, 0.25) is 0 Å². The molecule has 7 heteroatoms. The number of carbonyl (C=O) groups is 1. The van der Waals surface area contributed by atoms with Crippen LogP contribution in [0, 0.1) is 5.92 Å². The number of halogens is 2. The summed E-state index contributed by atoms with van der Waals surface area (Å²) in [5, 5.41) is 7.58. The number of rotatable bonds is 4. The topological polar surface area (TPSA) is 57.0 Å². The quantitative estimate of drug-likeness (QED) is 0.754. The normalized spacial score (nSPS) is 19.3. The van der Waals surface area contributed by atoms with Crippen LogP contribution < -0.4 is 0 Å². The Balaban J connectivity index is 1.79. The summed E-state index contributed by atoms with van der Waals surface area (Å²) >= 11 is 0.